The van der Waals surface area contributed by atoms with Crippen molar-refractivity contribution in [2.24, 2.45) is 0 Å². The van der Waals surface area contributed by atoms with E-state index in [0.29, 0.717) is 0 Å². The summed E-state index contributed by atoms with van der Waals surface area (Å²) in [5.74, 6) is -1.85. The van der Waals surface area contributed by atoms with Gasteiger partial charge in [0.1, 0.15) is 11.5 Å². The third-order valence-electron chi connectivity index (χ3n) is 2.33. The molecule has 0 aliphatic rings. The van der Waals surface area contributed by atoms with Crippen molar-refractivity contribution in [1.82, 2.24) is 9.97 Å². The minimum atomic E-state index is -1.23. The van der Waals surface area contributed by atoms with Crippen LogP contribution >= 0.6 is 0 Å². The summed E-state index contributed by atoms with van der Waals surface area (Å²) in [5, 5.41) is 21.6. The lowest BCUT2D eigenvalue weighted by Crippen LogP contribution is -2.14. The van der Waals surface area contributed by atoms with E-state index in [-0.39, 0.29) is 22.9 Å². The molecule has 1 amide bonds. The molecule has 0 aliphatic heterocycles. The maximum Gasteiger partial charge on any atom is 0.354 e. The first-order valence-electron chi connectivity index (χ1n) is 5.32. The SMILES string of the molecule is O=C(O)c1cccc(NC(=O)c2cc([N+](=O)[O-])c[nH]2)n1. The standard InChI is InChI=1S/C11H8N4O5/c16-10(8-4-6(5-12-8)15(19)20)14-9-3-1-2-7(13-9)11(17)18/h1-5,12H,(H,17,18)(H,13,14,16). The van der Waals surface area contributed by atoms with Crippen molar-refractivity contribution in [2.45, 2.75) is 0 Å². The number of carboxylic acid groups (broad SMARTS) is 1. The van der Waals surface area contributed by atoms with Crippen molar-refractivity contribution >= 4 is 23.4 Å². The van der Waals surface area contributed by atoms with Crippen LogP contribution in [0.3, 0.4) is 0 Å². The van der Waals surface area contributed by atoms with Crippen LogP contribution in [0.1, 0.15) is 21.0 Å². The molecular formula is C11H8N4O5. The molecule has 2 aromatic rings. The normalized spacial score (nSPS) is 10.0. The molecule has 0 saturated heterocycles. The highest BCUT2D eigenvalue weighted by molar-refractivity contribution is 6.03. The zero-order chi connectivity index (χ0) is 14.7. The Morgan fingerprint density at radius 1 is 1.40 bits per heavy atom. The van der Waals surface area contributed by atoms with Crippen LogP contribution in [0.4, 0.5) is 11.5 Å². The van der Waals surface area contributed by atoms with Crippen LogP contribution in [0.2, 0.25) is 0 Å². The second-order valence-corrected chi connectivity index (χ2v) is 3.70. The van der Waals surface area contributed by atoms with Gasteiger partial charge in [-0.1, -0.05) is 6.07 Å². The Morgan fingerprint density at radius 3 is 2.75 bits per heavy atom. The highest BCUT2D eigenvalue weighted by Crippen LogP contribution is 2.13. The van der Waals surface area contributed by atoms with Gasteiger partial charge in [-0.2, -0.15) is 0 Å². The first kappa shape index (κ1) is 13.2. The van der Waals surface area contributed by atoms with Crippen molar-refractivity contribution < 1.29 is 19.6 Å². The van der Waals surface area contributed by atoms with E-state index in [1.165, 1.54) is 18.2 Å². The van der Waals surface area contributed by atoms with Crippen LogP contribution < -0.4 is 5.32 Å². The van der Waals surface area contributed by atoms with E-state index in [1.54, 1.807) is 0 Å². The number of carbonyl (C=O) groups excluding carboxylic acids is 1. The fraction of sp³-hybridized carbons (Fsp3) is 0. The molecule has 3 N–H and O–H groups in total. The summed E-state index contributed by atoms with van der Waals surface area (Å²) in [4.78, 5) is 38.5. The summed E-state index contributed by atoms with van der Waals surface area (Å²) in [6.45, 7) is 0. The van der Waals surface area contributed by atoms with Crippen molar-refractivity contribution in [1.29, 1.82) is 0 Å². The minimum Gasteiger partial charge on any atom is -0.477 e. The third-order valence-corrected chi connectivity index (χ3v) is 2.33. The summed E-state index contributed by atoms with van der Waals surface area (Å²) in [5.41, 5.74) is -0.498. The number of carbonyl (C=O) groups is 2. The number of anilines is 1. The van der Waals surface area contributed by atoms with Gasteiger partial charge in [0, 0.05) is 6.07 Å². The molecule has 0 aliphatic carbocycles. The third kappa shape index (κ3) is 2.77. The van der Waals surface area contributed by atoms with E-state index in [0.717, 1.165) is 12.3 Å². The Labute approximate surface area is 111 Å². The van der Waals surface area contributed by atoms with E-state index in [4.69, 9.17) is 5.11 Å². The van der Waals surface area contributed by atoms with Gasteiger partial charge in [0.05, 0.1) is 11.1 Å². The number of carboxylic acids is 1. The van der Waals surface area contributed by atoms with E-state index in [2.05, 4.69) is 15.3 Å². The maximum absolute atomic E-state index is 11.8. The second kappa shape index (κ2) is 5.18. The van der Waals surface area contributed by atoms with E-state index < -0.39 is 16.8 Å². The summed E-state index contributed by atoms with van der Waals surface area (Å²) in [7, 11) is 0. The van der Waals surface area contributed by atoms with Crippen LogP contribution in [0.25, 0.3) is 0 Å². The number of nitrogens with zero attached hydrogens (tertiary/aromatic N) is 2. The van der Waals surface area contributed by atoms with E-state index in [9.17, 15) is 19.7 Å². The van der Waals surface area contributed by atoms with Crippen LogP contribution in [-0.4, -0.2) is 31.9 Å². The molecule has 0 unspecified atom stereocenters. The lowest BCUT2D eigenvalue weighted by Gasteiger charge is -2.03. The molecule has 2 rings (SSSR count). The molecule has 9 heteroatoms. The van der Waals surface area contributed by atoms with Crippen LogP contribution in [0.15, 0.2) is 30.5 Å². The number of hydrogen-bond donors (Lipinski definition) is 3. The molecule has 0 aromatic carbocycles. The smallest absolute Gasteiger partial charge is 0.354 e. The van der Waals surface area contributed by atoms with E-state index >= 15 is 0 Å². The predicted octanol–water partition coefficient (Wildman–Crippen LogP) is 1.27. The number of pyridine rings is 1. The zero-order valence-corrected chi connectivity index (χ0v) is 9.86. The van der Waals surface area contributed by atoms with Gasteiger partial charge in [-0.15, -0.1) is 0 Å². The number of aromatic nitrogens is 2. The van der Waals surface area contributed by atoms with Crippen LogP contribution in [0, 0.1) is 10.1 Å². The molecule has 20 heavy (non-hydrogen) atoms. The highest BCUT2D eigenvalue weighted by Gasteiger charge is 2.15. The molecular weight excluding hydrogens is 268 g/mol. The lowest BCUT2D eigenvalue weighted by atomic mass is 10.3. The molecule has 2 heterocycles. The highest BCUT2D eigenvalue weighted by atomic mass is 16.6. The van der Waals surface area contributed by atoms with Crippen molar-refractivity contribution in [3.63, 3.8) is 0 Å². The second-order valence-electron chi connectivity index (χ2n) is 3.70. The summed E-state index contributed by atoms with van der Waals surface area (Å²) in [6.07, 6.45) is 1.08. The van der Waals surface area contributed by atoms with Crippen LogP contribution in [0.5, 0.6) is 0 Å². The minimum absolute atomic E-state index is 0.0285. The number of aromatic carboxylic acids is 1. The average molecular weight is 276 g/mol. The molecule has 0 spiro atoms. The molecule has 0 fully saturated rings. The van der Waals surface area contributed by atoms with Gasteiger partial charge in [-0.05, 0) is 12.1 Å². The van der Waals surface area contributed by atoms with Gasteiger partial charge in [-0.25, -0.2) is 9.78 Å². The monoisotopic (exact) mass is 276 g/mol. The molecule has 102 valence electrons. The van der Waals surface area contributed by atoms with Crippen molar-refractivity contribution in [3.05, 3.63) is 52.0 Å². The molecule has 0 atom stereocenters. The first-order chi connectivity index (χ1) is 9.47. The molecule has 0 radical (unpaired) electrons. The Hall–Kier alpha value is -3.23. The van der Waals surface area contributed by atoms with Gasteiger partial charge in [0.15, 0.2) is 5.69 Å². The molecule has 0 saturated carbocycles. The number of nitrogens with one attached hydrogen (secondary N) is 2. The number of rotatable bonds is 4. The number of H-pyrrole nitrogens is 1. The molecule has 2 aromatic heterocycles. The Bertz CT molecular complexity index is 694. The largest absolute Gasteiger partial charge is 0.477 e. The number of amides is 1. The average Bonchev–Trinajstić information content (AvgIpc) is 2.88. The van der Waals surface area contributed by atoms with Crippen molar-refractivity contribution in [2.75, 3.05) is 5.32 Å². The molecule has 9 nitrogen and oxygen atoms in total. The Kier molecular flexibility index (Phi) is 3.42. The summed E-state index contributed by atoms with van der Waals surface area (Å²) < 4.78 is 0. The lowest BCUT2D eigenvalue weighted by molar-refractivity contribution is -0.384. The predicted molar refractivity (Wildman–Crippen MR) is 66.6 cm³/mol. The summed E-state index contributed by atoms with van der Waals surface area (Å²) in [6, 6.07) is 5.17. The van der Waals surface area contributed by atoms with E-state index in [1.807, 2.05) is 0 Å². The fourth-order valence-electron chi connectivity index (χ4n) is 1.43. The Balaban J connectivity index is 2.16. The number of hydrogen-bond acceptors (Lipinski definition) is 5. The fourth-order valence-corrected chi connectivity index (χ4v) is 1.43. The van der Waals surface area contributed by atoms with Gasteiger partial charge in [-0.3, -0.25) is 14.9 Å². The van der Waals surface area contributed by atoms with Crippen molar-refractivity contribution in [3.8, 4) is 0 Å². The quantitative estimate of drug-likeness (QED) is 0.567. The van der Waals surface area contributed by atoms with Gasteiger partial charge in [0.25, 0.3) is 11.6 Å². The Morgan fingerprint density at radius 2 is 2.15 bits per heavy atom. The van der Waals surface area contributed by atoms with Crippen LogP contribution in [-0.2, 0) is 0 Å². The van der Waals surface area contributed by atoms with Gasteiger partial charge >= 0.3 is 5.97 Å². The van der Waals surface area contributed by atoms with Gasteiger partial charge in [0.2, 0.25) is 0 Å². The number of aromatic amines is 1. The number of nitro groups is 1. The molecule has 0 bridgehead atoms. The topological polar surface area (TPSA) is 138 Å². The first-order valence-corrected chi connectivity index (χ1v) is 5.32. The zero-order valence-electron chi connectivity index (χ0n) is 9.86. The summed E-state index contributed by atoms with van der Waals surface area (Å²) >= 11 is 0. The maximum atomic E-state index is 11.8. The van der Waals surface area contributed by atoms with Gasteiger partial charge < -0.3 is 15.4 Å².